The van der Waals surface area contributed by atoms with Crippen LogP contribution >= 0.6 is 0 Å². The normalized spacial score (nSPS) is 10.4. The molecule has 0 aromatic heterocycles. The standard InChI is InChI=1S/C12H14O4.Ba.2H/c1-2-8-12(10(13)14,11(15)16)9-6-4-3-5-7-9;;;/h3-7H,2,8H2,1H3,(H,13,14)(H,15,16);;;/q;+2;2*-1. The van der Waals surface area contributed by atoms with Crippen molar-refractivity contribution in [1.29, 1.82) is 0 Å². The summed E-state index contributed by atoms with van der Waals surface area (Å²) in [6, 6.07) is 8.09. The zero-order valence-corrected chi connectivity index (χ0v) is 14.2. The fraction of sp³-hybridized carbons (Fsp3) is 0.333. The minimum absolute atomic E-state index is 0. The summed E-state index contributed by atoms with van der Waals surface area (Å²) in [6.07, 6.45) is 0.579. The second kappa shape index (κ2) is 7.23. The van der Waals surface area contributed by atoms with Crippen molar-refractivity contribution >= 4 is 60.8 Å². The molecule has 5 heteroatoms. The van der Waals surface area contributed by atoms with Crippen molar-refractivity contribution in [3.05, 3.63) is 35.9 Å². The predicted molar refractivity (Wildman–Crippen MR) is 66.3 cm³/mol. The van der Waals surface area contributed by atoms with Crippen LogP contribution in [0.3, 0.4) is 0 Å². The SMILES string of the molecule is CCCC(C(=O)O)(C(=O)O)c1ccccc1.[Ba+2].[H-].[H-]. The number of hydrogen-bond acceptors (Lipinski definition) is 2. The first-order valence-corrected chi connectivity index (χ1v) is 5.08. The van der Waals surface area contributed by atoms with Crippen LogP contribution in [-0.4, -0.2) is 71.0 Å². The van der Waals surface area contributed by atoms with Gasteiger partial charge < -0.3 is 13.1 Å². The molecule has 0 aliphatic carbocycles. The quantitative estimate of drug-likeness (QED) is 0.619. The number of aliphatic carboxylic acids is 2. The molecule has 0 saturated heterocycles. The average Bonchev–Trinajstić information content (AvgIpc) is 2.26. The van der Waals surface area contributed by atoms with E-state index in [0.717, 1.165) is 0 Å². The number of carboxylic acids is 2. The maximum Gasteiger partial charge on any atom is 2.00 e. The Morgan fingerprint density at radius 1 is 1.18 bits per heavy atom. The van der Waals surface area contributed by atoms with Gasteiger partial charge in [-0.1, -0.05) is 43.7 Å². The maximum absolute atomic E-state index is 11.3. The molecule has 90 valence electrons. The summed E-state index contributed by atoms with van der Waals surface area (Å²) in [4.78, 5) is 22.5. The first-order chi connectivity index (χ1) is 7.55. The molecule has 0 bridgehead atoms. The fourth-order valence-electron chi connectivity index (χ4n) is 1.79. The van der Waals surface area contributed by atoms with Crippen LogP contribution in [0, 0.1) is 0 Å². The van der Waals surface area contributed by atoms with Gasteiger partial charge in [-0.25, -0.2) is 0 Å². The molecule has 17 heavy (non-hydrogen) atoms. The Kier molecular flexibility index (Phi) is 7.11. The third-order valence-corrected chi connectivity index (χ3v) is 2.62. The van der Waals surface area contributed by atoms with Gasteiger partial charge in [0.15, 0.2) is 5.41 Å². The van der Waals surface area contributed by atoms with Crippen molar-refractivity contribution < 1.29 is 22.7 Å². The molecule has 0 amide bonds. The predicted octanol–water partition coefficient (Wildman–Crippen LogP) is 1.74. The topological polar surface area (TPSA) is 74.6 Å². The van der Waals surface area contributed by atoms with E-state index in [9.17, 15) is 19.8 Å². The molecule has 0 radical (unpaired) electrons. The van der Waals surface area contributed by atoms with Gasteiger partial charge in [-0.05, 0) is 12.0 Å². The third kappa shape index (κ3) is 3.36. The molecule has 0 heterocycles. The number of hydrogen-bond donors (Lipinski definition) is 2. The van der Waals surface area contributed by atoms with E-state index in [-0.39, 0.29) is 58.2 Å². The van der Waals surface area contributed by atoms with Crippen molar-refractivity contribution in [2.45, 2.75) is 25.2 Å². The monoisotopic (exact) mass is 362 g/mol. The second-order valence-electron chi connectivity index (χ2n) is 3.63. The van der Waals surface area contributed by atoms with E-state index in [1.54, 1.807) is 25.1 Å². The Labute approximate surface area is 143 Å². The molecular formula is C12H16BaO4. The van der Waals surface area contributed by atoms with Crippen LogP contribution in [0.15, 0.2) is 30.3 Å². The summed E-state index contributed by atoms with van der Waals surface area (Å²) in [5.41, 5.74) is -1.51. The average molecular weight is 362 g/mol. The molecule has 0 unspecified atom stereocenters. The van der Waals surface area contributed by atoms with E-state index < -0.39 is 17.4 Å². The number of rotatable bonds is 5. The summed E-state index contributed by atoms with van der Waals surface area (Å²) in [6.45, 7) is 1.77. The smallest absolute Gasteiger partial charge is 1.00 e. The first-order valence-electron chi connectivity index (χ1n) is 5.08. The van der Waals surface area contributed by atoms with Crippen LogP contribution < -0.4 is 0 Å². The largest absolute Gasteiger partial charge is 2.00 e. The molecule has 1 rings (SSSR count). The van der Waals surface area contributed by atoms with Gasteiger partial charge in [-0.3, -0.25) is 9.59 Å². The van der Waals surface area contributed by atoms with Crippen molar-refractivity contribution in [2.24, 2.45) is 0 Å². The van der Waals surface area contributed by atoms with Gasteiger partial charge in [0, 0.05) is 0 Å². The summed E-state index contributed by atoms with van der Waals surface area (Å²) < 4.78 is 0. The molecule has 0 spiro atoms. The Bertz CT molecular complexity index is 384. The van der Waals surface area contributed by atoms with Gasteiger partial charge in [0.25, 0.3) is 0 Å². The summed E-state index contributed by atoms with van der Waals surface area (Å²) in [5, 5.41) is 18.4. The van der Waals surface area contributed by atoms with Crippen LogP contribution in [0.2, 0.25) is 0 Å². The van der Waals surface area contributed by atoms with Crippen LogP contribution in [-0.2, 0) is 15.0 Å². The third-order valence-electron chi connectivity index (χ3n) is 2.62. The Morgan fingerprint density at radius 2 is 1.65 bits per heavy atom. The molecule has 0 aliphatic heterocycles. The van der Waals surface area contributed by atoms with Gasteiger partial charge >= 0.3 is 60.8 Å². The molecule has 2 N–H and O–H groups in total. The van der Waals surface area contributed by atoms with E-state index in [2.05, 4.69) is 0 Å². The van der Waals surface area contributed by atoms with Gasteiger partial charge in [-0.2, -0.15) is 0 Å². The number of carboxylic acid groups (broad SMARTS) is 2. The summed E-state index contributed by atoms with van der Waals surface area (Å²) in [7, 11) is 0. The van der Waals surface area contributed by atoms with Crippen LogP contribution in [0.4, 0.5) is 0 Å². The van der Waals surface area contributed by atoms with E-state index >= 15 is 0 Å². The Hall–Kier alpha value is -0.269. The van der Waals surface area contributed by atoms with Crippen LogP contribution in [0.25, 0.3) is 0 Å². The zero-order valence-electron chi connectivity index (χ0n) is 11.7. The molecule has 1 aromatic rings. The van der Waals surface area contributed by atoms with Crippen molar-refractivity contribution in [1.82, 2.24) is 0 Å². The van der Waals surface area contributed by atoms with E-state index in [1.807, 2.05) is 0 Å². The molecule has 0 aliphatic rings. The molecule has 0 fully saturated rings. The molecule has 4 nitrogen and oxygen atoms in total. The zero-order chi connectivity index (χ0) is 12.2. The van der Waals surface area contributed by atoms with Gasteiger partial charge in [-0.15, -0.1) is 0 Å². The minimum atomic E-state index is -1.82. The minimum Gasteiger partial charge on any atom is -1.00 e. The molecular weight excluding hydrogens is 345 g/mol. The number of benzene rings is 1. The van der Waals surface area contributed by atoms with E-state index in [1.165, 1.54) is 12.1 Å². The van der Waals surface area contributed by atoms with Gasteiger partial charge in [0.1, 0.15) is 0 Å². The van der Waals surface area contributed by atoms with E-state index in [0.29, 0.717) is 12.0 Å². The number of carbonyl (C=O) groups is 2. The van der Waals surface area contributed by atoms with E-state index in [4.69, 9.17) is 0 Å². The molecule has 0 atom stereocenters. The Balaban J connectivity index is -0.000000853. The molecule has 0 saturated carbocycles. The van der Waals surface area contributed by atoms with Crippen LogP contribution in [0.5, 0.6) is 0 Å². The fourth-order valence-corrected chi connectivity index (χ4v) is 1.79. The van der Waals surface area contributed by atoms with Crippen molar-refractivity contribution in [2.75, 3.05) is 0 Å². The van der Waals surface area contributed by atoms with Crippen LogP contribution in [0.1, 0.15) is 28.2 Å². The van der Waals surface area contributed by atoms with Gasteiger partial charge in [0.2, 0.25) is 0 Å². The second-order valence-corrected chi connectivity index (χ2v) is 3.63. The maximum atomic E-state index is 11.3. The first kappa shape index (κ1) is 16.7. The molecule has 1 aromatic carbocycles. The summed E-state index contributed by atoms with van der Waals surface area (Å²) in [5.74, 6) is -2.62. The Morgan fingerprint density at radius 3 is 2.00 bits per heavy atom. The van der Waals surface area contributed by atoms with Gasteiger partial charge in [0.05, 0.1) is 0 Å². The van der Waals surface area contributed by atoms with Crippen molar-refractivity contribution in [3.8, 4) is 0 Å². The van der Waals surface area contributed by atoms with Crippen molar-refractivity contribution in [3.63, 3.8) is 0 Å². The summed E-state index contributed by atoms with van der Waals surface area (Å²) >= 11 is 0.